The van der Waals surface area contributed by atoms with E-state index in [1.807, 2.05) is 13.0 Å². The van der Waals surface area contributed by atoms with Gasteiger partial charge in [-0.05, 0) is 44.9 Å². The molecule has 2 N–H and O–H groups in total. The maximum Gasteiger partial charge on any atom is 0.355 e. The Morgan fingerprint density at radius 2 is 1.93 bits per heavy atom. The van der Waals surface area contributed by atoms with Gasteiger partial charge in [-0.2, -0.15) is 0 Å². The Hall–Kier alpha value is -3.69. The van der Waals surface area contributed by atoms with Gasteiger partial charge in [-0.25, -0.2) is 4.79 Å². The molecule has 10 nitrogen and oxygen atoms in total. The largest absolute Gasteiger partial charge is 0.456 e. The SMILES string of the molecule is CC/C=C1/Cn2c(cc3c([N+](=O)[O-])c([N+](=O)[O-])ccc32)C(N)=C1C(=O)OC(C)(C)C. The summed E-state index contributed by atoms with van der Waals surface area (Å²) in [7, 11) is 0. The van der Waals surface area contributed by atoms with Crippen molar-refractivity contribution in [1.82, 2.24) is 4.57 Å². The van der Waals surface area contributed by atoms with Gasteiger partial charge < -0.3 is 15.0 Å². The number of nitro benzene ring substituents is 2. The number of nitro groups is 2. The number of ether oxygens (including phenoxy) is 1. The number of benzene rings is 1. The molecule has 30 heavy (non-hydrogen) atoms. The van der Waals surface area contributed by atoms with E-state index in [-0.39, 0.29) is 23.2 Å². The van der Waals surface area contributed by atoms with Crippen molar-refractivity contribution in [2.45, 2.75) is 46.3 Å². The minimum Gasteiger partial charge on any atom is -0.456 e. The van der Waals surface area contributed by atoms with E-state index in [1.54, 1.807) is 25.3 Å². The molecule has 0 aliphatic carbocycles. The first-order valence-corrected chi connectivity index (χ1v) is 9.34. The van der Waals surface area contributed by atoms with Gasteiger partial charge in [-0.15, -0.1) is 0 Å². The normalized spacial score (nSPS) is 15.4. The van der Waals surface area contributed by atoms with Gasteiger partial charge in [0.05, 0.1) is 37.7 Å². The van der Waals surface area contributed by atoms with Crippen molar-refractivity contribution in [3.05, 3.63) is 61.3 Å². The van der Waals surface area contributed by atoms with Crippen LogP contribution in [-0.2, 0) is 16.1 Å². The summed E-state index contributed by atoms with van der Waals surface area (Å²) in [5, 5.41) is 23.0. The predicted molar refractivity (Wildman–Crippen MR) is 111 cm³/mol. The summed E-state index contributed by atoms with van der Waals surface area (Å²) in [5.74, 6) is -0.586. The average molecular weight is 414 g/mol. The number of nitrogens with two attached hydrogens (primary N) is 1. The minimum atomic E-state index is -0.790. The predicted octanol–water partition coefficient (Wildman–Crippen LogP) is 3.82. The second-order valence-electron chi connectivity index (χ2n) is 7.92. The monoisotopic (exact) mass is 414 g/mol. The standard InChI is InChI=1S/C20H22N4O6/c1-5-6-11-10-22-13-7-8-14(23(26)27)18(24(28)29)12(13)9-15(22)17(21)16(11)19(25)30-20(2,3)4/h6-9H,5,10,21H2,1-4H3/b11-6-. The zero-order chi connectivity index (χ0) is 22.4. The number of nitrogens with zero attached hydrogens (tertiary/aromatic N) is 3. The quantitative estimate of drug-likeness (QED) is 0.455. The fourth-order valence-electron chi connectivity index (χ4n) is 3.57. The molecule has 0 spiro atoms. The Kier molecular flexibility index (Phi) is 5.11. The van der Waals surface area contributed by atoms with Crippen molar-refractivity contribution in [2.24, 2.45) is 5.73 Å². The third-order valence-electron chi connectivity index (χ3n) is 4.66. The summed E-state index contributed by atoms with van der Waals surface area (Å²) in [5.41, 5.74) is 6.15. The molecule has 0 saturated carbocycles. The number of allylic oxidation sites excluding steroid dienone is 1. The van der Waals surface area contributed by atoms with Crippen LogP contribution in [0.1, 0.15) is 39.8 Å². The smallest absolute Gasteiger partial charge is 0.355 e. The fourth-order valence-corrected chi connectivity index (χ4v) is 3.57. The van der Waals surface area contributed by atoms with Gasteiger partial charge in [-0.3, -0.25) is 20.2 Å². The van der Waals surface area contributed by atoms with Crippen LogP contribution in [-0.4, -0.2) is 26.0 Å². The lowest BCUT2D eigenvalue weighted by molar-refractivity contribution is -0.421. The van der Waals surface area contributed by atoms with Crippen LogP contribution in [0.2, 0.25) is 0 Å². The van der Waals surface area contributed by atoms with Crippen molar-refractivity contribution in [2.75, 3.05) is 0 Å². The molecule has 3 rings (SSSR count). The molecule has 0 bridgehead atoms. The molecule has 1 aromatic heterocycles. The summed E-state index contributed by atoms with van der Waals surface area (Å²) < 4.78 is 7.22. The number of carbonyl (C=O) groups is 1. The van der Waals surface area contributed by atoms with Gasteiger partial charge in [0.25, 0.3) is 0 Å². The van der Waals surface area contributed by atoms with E-state index in [9.17, 15) is 25.0 Å². The molecule has 0 fully saturated rings. The molecule has 1 aliphatic rings. The van der Waals surface area contributed by atoms with Crippen molar-refractivity contribution in [3.8, 4) is 0 Å². The second-order valence-corrected chi connectivity index (χ2v) is 7.92. The van der Waals surface area contributed by atoms with Gasteiger partial charge in [-0.1, -0.05) is 13.0 Å². The van der Waals surface area contributed by atoms with Crippen LogP contribution in [0.15, 0.2) is 35.4 Å². The zero-order valence-electron chi connectivity index (χ0n) is 17.1. The zero-order valence-corrected chi connectivity index (χ0v) is 17.1. The van der Waals surface area contributed by atoms with Crippen LogP contribution in [0.3, 0.4) is 0 Å². The van der Waals surface area contributed by atoms with Crippen LogP contribution >= 0.6 is 0 Å². The van der Waals surface area contributed by atoms with Crippen LogP contribution in [0, 0.1) is 20.2 Å². The highest BCUT2D eigenvalue weighted by Crippen LogP contribution is 2.41. The molecule has 0 amide bonds. The van der Waals surface area contributed by atoms with Crippen LogP contribution in [0.4, 0.5) is 11.4 Å². The highest BCUT2D eigenvalue weighted by atomic mass is 16.6. The third kappa shape index (κ3) is 3.51. The maximum absolute atomic E-state index is 12.8. The van der Waals surface area contributed by atoms with E-state index in [4.69, 9.17) is 10.5 Å². The Morgan fingerprint density at radius 1 is 1.27 bits per heavy atom. The summed E-state index contributed by atoms with van der Waals surface area (Å²) in [6, 6.07) is 3.99. The lowest BCUT2D eigenvalue weighted by Crippen LogP contribution is -2.29. The fraction of sp³-hybridized carbons (Fsp3) is 0.350. The van der Waals surface area contributed by atoms with Gasteiger partial charge in [0.15, 0.2) is 0 Å². The number of hydrogen-bond acceptors (Lipinski definition) is 7. The number of fused-ring (bicyclic) bond motifs is 3. The number of carbonyl (C=O) groups excluding carboxylic acids is 1. The summed E-state index contributed by atoms with van der Waals surface area (Å²) >= 11 is 0. The second kappa shape index (κ2) is 7.29. The van der Waals surface area contributed by atoms with Crippen LogP contribution < -0.4 is 5.73 Å². The van der Waals surface area contributed by atoms with Gasteiger partial charge in [0.1, 0.15) is 5.60 Å². The van der Waals surface area contributed by atoms with E-state index in [0.717, 1.165) is 6.07 Å². The van der Waals surface area contributed by atoms with Gasteiger partial charge in [0.2, 0.25) is 0 Å². The van der Waals surface area contributed by atoms with Crippen molar-refractivity contribution >= 4 is 33.9 Å². The van der Waals surface area contributed by atoms with E-state index < -0.39 is 32.8 Å². The van der Waals surface area contributed by atoms with Crippen molar-refractivity contribution in [3.63, 3.8) is 0 Å². The molecular formula is C20H22N4O6. The third-order valence-corrected chi connectivity index (χ3v) is 4.66. The van der Waals surface area contributed by atoms with E-state index in [1.165, 1.54) is 12.1 Å². The molecule has 10 heteroatoms. The molecule has 2 heterocycles. The van der Waals surface area contributed by atoms with E-state index >= 15 is 0 Å². The summed E-state index contributed by atoms with van der Waals surface area (Å²) in [4.78, 5) is 34.2. The Morgan fingerprint density at radius 3 is 2.47 bits per heavy atom. The first kappa shape index (κ1) is 21.0. The molecule has 1 aromatic carbocycles. The molecule has 0 saturated heterocycles. The molecule has 158 valence electrons. The number of rotatable bonds is 4. The Labute approximate surface area is 171 Å². The lowest BCUT2D eigenvalue weighted by Gasteiger charge is -2.26. The molecule has 0 radical (unpaired) electrons. The van der Waals surface area contributed by atoms with Gasteiger partial charge >= 0.3 is 17.3 Å². The number of hydrogen-bond donors (Lipinski definition) is 1. The van der Waals surface area contributed by atoms with Crippen molar-refractivity contribution < 1.29 is 19.4 Å². The van der Waals surface area contributed by atoms with Crippen LogP contribution in [0.25, 0.3) is 16.6 Å². The average Bonchev–Trinajstić information content (AvgIpc) is 2.98. The van der Waals surface area contributed by atoms with Crippen LogP contribution in [0.5, 0.6) is 0 Å². The van der Waals surface area contributed by atoms with E-state index in [0.29, 0.717) is 23.2 Å². The molecular weight excluding hydrogens is 392 g/mol. The molecule has 0 unspecified atom stereocenters. The molecule has 1 aliphatic heterocycles. The topological polar surface area (TPSA) is 144 Å². The molecule has 0 atom stereocenters. The lowest BCUT2D eigenvalue weighted by atomic mass is 9.97. The highest BCUT2D eigenvalue weighted by molar-refractivity contribution is 6.05. The maximum atomic E-state index is 12.8. The Balaban J connectivity index is 2.31. The number of esters is 1. The summed E-state index contributed by atoms with van der Waals surface area (Å²) in [6.07, 6.45) is 2.48. The van der Waals surface area contributed by atoms with E-state index in [2.05, 4.69) is 0 Å². The van der Waals surface area contributed by atoms with Gasteiger partial charge in [0, 0.05) is 12.6 Å². The Bertz CT molecular complexity index is 1150. The minimum absolute atomic E-state index is 0.0911. The molecule has 2 aromatic rings. The first-order valence-electron chi connectivity index (χ1n) is 9.34. The number of aromatic nitrogens is 1. The first-order chi connectivity index (χ1) is 14.0. The highest BCUT2D eigenvalue weighted by Gasteiger charge is 2.34. The summed E-state index contributed by atoms with van der Waals surface area (Å²) in [6.45, 7) is 7.37. The van der Waals surface area contributed by atoms with Crippen molar-refractivity contribution in [1.29, 1.82) is 0 Å².